The zero-order valence-corrected chi connectivity index (χ0v) is 17.8. The van der Waals surface area contributed by atoms with E-state index in [1.807, 2.05) is 0 Å². The Morgan fingerprint density at radius 2 is 1.41 bits per heavy atom. The number of rotatable bonds is 6. The van der Waals surface area contributed by atoms with Crippen LogP contribution in [0.1, 0.15) is 102 Å². The van der Waals surface area contributed by atoms with Gasteiger partial charge in [-0.3, -0.25) is 0 Å². The summed E-state index contributed by atoms with van der Waals surface area (Å²) in [4.78, 5) is 0. The normalized spacial score (nSPS) is 28.4. The van der Waals surface area contributed by atoms with E-state index in [1.54, 1.807) is 0 Å². The lowest BCUT2D eigenvalue weighted by Crippen LogP contribution is -2.25. The van der Waals surface area contributed by atoms with Crippen LogP contribution >= 0.6 is 0 Å². The summed E-state index contributed by atoms with van der Waals surface area (Å²) in [5.41, 5.74) is 2.63. The van der Waals surface area contributed by atoms with E-state index >= 15 is 0 Å². The third-order valence-electron chi connectivity index (χ3n) is 7.21. The molecule has 0 aliphatic heterocycles. The Hall–Kier alpha value is -1.22. The first-order chi connectivity index (χ1) is 13.3. The molecule has 2 saturated carbocycles. The van der Waals surface area contributed by atoms with Crippen LogP contribution < -0.4 is 0 Å². The Bertz CT molecular complexity index is 583. The van der Waals surface area contributed by atoms with Crippen LogP contribution in [0.2, 0.25) is 0 Å². The zero-order valence-electron chi connectivity index (χ0n) is 17.8. The van der Waals surface area contributed by atoms with Crippen molar-refractivity contribution in [3.63, 3.8) is 0 Å². The molecule has 0 N–H and O–H groups in total. The minimum atomic E-state index is 0.637. The quantitative estimate of drug-likeness (QED) is 0.452. The predicted octanol–water partition coefficient (Wildman–Crippen LogP) is 7.79. The van der Waals surface area contributed by atoms with Crippen LogP contribution in [0.4, 0.5) is 0 Å². The van der Waals surface area contributed by atoms with Gasteiger partial charge in [0.15, 0.2) is 0 Å². The highest BCUT2D eigenvalue weighted by Gasteiger charge is 2.30. The van der Waals surface area contributed by atoms with E-state index in [4.69, 9.17) is 0 Å². The van der Waals surface area contributed by atoms with Crippen LogP contribution in [0.25, 0.3) is 0 Å². The molecule has 0 heteroatoms. The van der Waals surface area contributed by atoms with Gasteiger partial charge in [0.05, 0.1) is 0 Å². The molecule has 0 amide bonds. The van der Waals surface area contributed by atoms with Crippen LogP contribution in [0.3, 0.4) is 0 Å². The second kappa shape index (κ2) is 10.9. The first-order valence-corrected chi connectivity index (χ1v) is 11.9. The molecule has 0 unspecified atom stereocenters. The summed E-state index contributed by atoms with van der Waals surface area (Å²) >= 11 is 0. The lowest BCUT2D eigenvalue weighted by Gasteiger charge is -2.37. The first-order valence-electron chi connectivity index (χ1n) is 11.9. The molecule has 2 fully saturated rings. The van der Waals surface area contributed by atoms with Gasteiger partial charge in [0.1, 0.15) is 0 Å². The largest absolute Gasteiger partial charge is 0.0945 e. The second-order valence-corrected chi connectivity index (χ2v) is 9.25. The summed E-state index contributed by atoms with van der Waals surface area (Å²) in [6.07, 6.45) is 18.3. The fraction of sp³-hybridized carbons (Fsp3) is 0.704. The second-order valence-electron chi connectivity index (χ2n) is 9.25. The van der Waals surface area contributed by atoms with Gasteiger partial charge < -0.3 is 0 Å². The number of benzene rings is 1. The molecule has 2 aliphatic rings. The fourth-order valence-electron chi connectivity index (χ4n) is 5.40. The molecule has 0 saturated heterocycles. The topological polar surface area (TPSA) is 0 Å². The molecule has 27 heavy (non-hydrogen) atoms. The number of hydrogen-bond donors (Lipinski definition) is 0. The fourth-order valence-corrected chi connectivity index (χ4v) is 5.40. The summed E-state index contributed by atoms with van der Waals surface area (Å²) in [6.45, 7) is 4.57. The molecule has 0 aromatic heterocycles. The van der Waals surface area contributed by atoms with Crippen LogP contribution in [0.5, 0.6) is 0 Å². The molecule has 0 radical (unpaired) electrons. The summed E-state index contributed by atoms with van der Waals surface area (Å²) in [6, 6.07) is 8.92. The van der Waals surface area contributed by atoms with Crippen molar-refractivity contribution in [2.75, 3.05) is 0 Å². The van der Waals surface area contributed by atoms with Gasteiger partial charge in [-0.1, -0.05) is 76.3 Å². The minimum Gasteiger partial charge on any atom is -0.0945 e. The maximum Gasteiger partial charge on any atom is 0.0245 e. The van der Waals surface area contributed by atoms with Crippen molar-refractivity contribution in [3.05, 3.63) is 35.4 Å². The third kappa shape index (κ3) is 6.41. The minimum absolute atomic E-state index is 0.637. The Kier molecular flexibility index (Phi) is 8.32. The van der Waals surface area contributed by atoms with Gasteiger partial charge in [-0.15, -0.1) is 0 Å². The molecule has 1 aromatic rings. The van der Waals surface area contributed by atoms with Gasteiger partial charge in [-0.2, -0.15) is 0 Å². The molecule has 0 heterocycles. The average molecular weight is 365 g/mol. The average Bonchev–Trinajstić information content (AvgIpc) is 2.73. The Morgan fingerprint density at radius 3 is 2.00 bits per heavy atom. The highest BCUT2D eigenvalue weighted by atomic mass is 14.3. The molecule has 0 nitrogen and oxygen atoms in total. The van der Waals surface area contributed by atoms with Gasteiger partial charge in [0.2, 0.25) is 0 Å². The Labute approximate surface area is 168 Å². The summed E-state index contributed by atoms with van der Waals surface area (Å²) in [5, 5.41) is 0. The molecule has 0 atom stereocenters. The van der Waals surface area contributed by atoms with Crippen molar-refractivity contribution >= 4 is 0 Å². The molecule has 1 aromatic carbocycles. The zero-order chi connectivity index (χ0) is 18.9. The van der Waals surface area contributed by atoms with Crippen LogP contribution in [-0.4, -0.2) is 0 Å². The standard InChI is InChI=1S/C27H40/c1-3-5-7-23-14-18-26(19-15-23)27-20-16-25(17-21-27)13-12-24-10-8-22(6-4-2)9-11-24/h8-11,23,25-27H,3-7,14-21H2,1-2H3/t23-,25-,26-,27-. The molecular formula is C27H40. The van der Waals surface area contributed by atoms with Crippen molar-refractivity contribution in [1.29, 1.82) is 0 Å². The highest BCUT2D eigenvalue weighted by Crippen LogP contribution is 2.42. The number of unbranched alkanes of at least 4 members (excludes halogenated alkanes) is 1. The molecular weight excluding hydrogens is 324 g/mol. The van der Waals surface area contributed by atoms with Gasteiger partial charge in [0.25, 0.3) is 0 Å². The summed E-state index contributed by atoms with van der Waals surface area (Å²) in [7, 11) is 0. The molecule has 148 valence electrons. The first kappa shape index (κ1) is 20.5. The van der Waals surface area contributed by atoms with Crippen LogP contribution in [0.15, 0.2) is 24.3 Å². The van der Waals surface area contributed by atoms with Gasteiger partial charge in [-0.05, 0) is 80.4 Å². The highest BCUT2D eigenvalue weighted by molar-refractivity contribution is 5.36. The van der Waals surface area contributed by atoms with Crippen LogP contribution in [-0.2, 0) is 6.42 Å². The number of aryl methyl sites for hydroxylation is 1. The lowest BCUT2D eigenvalue weighted by molar-refractivity contribution is 0.153. The van der Waals surface area contributed by atoms with Crippen molar-refractivity contribution in [2.24, 2.45) is 23.7 Å². The summed E-state index contributed by atoms with van der Waals surface area (Å²) in [5.74, 6) is 10.8. The van der Waals surface area contributed by atoms with E-state index in [0.717, 1.165) is 17.8 Å². The predicted molar refractivity (Wildman–Crippen MR) is 118 cm³/mol. The molecule has 0 bridgehead atoms. The van der Waals surface area contributed by atoms with E-state index in [0.29, 0.717) is 5.92 Å². The van der Waals surface area contributed by atoms with Crippen LogP contribution in [0, 0.1) is 35.5 Å². The lowest BCUT2D eigenvalue weighted by atomic mass is 9.69. The van der Waals surface area contributed by atoms with Crippen molar-refractivity contribution in [1.82, 2.24) is 0 Å². The molecule has 3 rings (SSSR count). The monoisotopic (exact) mass is 364 g/mol. The van der Waals surface area contributed by atoms with Gasteiger partial charge in [0, 0.05) is 11.5 Å². The van der Waals surface area contributed by atoms with E-state index < -0.39 is 0 Å². The molecule has 2 aliphatic carbocycles. The Balaban J connectivity index is 1.41. The van der Waals surface area contributed by atoms with Crippen molar-refractivity contribution in [2.45, 2.75) is 97.3 Å². The van der Waals surface area contributed by atoms with E-state index in [-0.39, 0.29) is 0 Å². The summed E-state index contributed by atoms with van der Waals surface area (Å²) < 4.78 is 0. The maximum absolute atomic E-state index is 3.59. The third-order valence-corrected chi connectivity index (χ3v) is 7.21. The Morgan fingerprint density at radius 1 is 0.778 bits per heavy atom. The van der Waals surface area contributed by atoms with Gasteiger partial charge >= 0.3 is 0 Å². The number of hydrogen-bond acceptors (Lipinski definition) is 0. The van der Waals surface area contributed by atoms with Crippen molar-refractivity contribution < 1.29 is 0 Å². The van der Waals surface area contributed by atoms with Crippen molar-refractivity contribution in [3.8, 4) is 11.8 Å². The molecule has 0 spiro atoms. The smallest absolute Gasteiger partial charge is 0.0245 e. The van der Waals surface area contributed by atoms with E-state index in [1.165, 1.54) is 94.6 Å². The van der Waals surface area contributed by atoms with E-state index in [9.17, 15) is 0 Å². The van der Waals surface area contributed by atoms with E-state index in [2.05, 4.69) is 50.0 Å². The maximum atomic E-state index is 3.59. The van der Waals surface area contributed by atoms with Gasteiger partial charge in [-0.25, -0.2) is 0 Å². The SMILES string of the molecule is CCCC[C@H]1CC[C@H]([C@H]2CC[C@H](C#Cc3ccc(CCC)cc3)CC2)CC1.